The third-order valence-corrected chi connectivity index (χ3v) is 4.55. The maximum Gasteiger partial charge on any atom is 0.234 e. The van der Waals surface area contributed by atoms with Gasteiger partial charge in [0.05, 0.1) is 11.4 Å². The highest BCUT2D eigenvalue weighted by molar-refractivity contribution is 7.99. The van der Waals surface area contributed by atoms with E-state index in [-0.39, 0.29) is 17.3 Å². The molecule has 1 fully saturated rings. The monoisotopic (exact) mass is 320 g/mol. The van der Waals surface area contributed by atoms with Gasteiger partial charge in [-0.2, -0.15) is 0 Å². The minimum atomic E-state index is -0.442. The lowest BCUT2D eigenvalue weighted by Gasteiger charge is -2.04. The molecule has 1 heterocycles. The van der Waals surface area contributed by atoms with Crippen LogP contribution in [-0.2, 0) is 4.79 Å². The van der Waals surface area contributed by atoms with Crippen LogP contribution in [-0.4, -0.2) is 26.8 Å². The standard InChI is InChI=1S/C15H17FN4OS/c16-11-7-3-4-8-12(11)17-13(21)9-22-15-18-14(19-20-15)10-5-1-2-6-10/h3-4,7-8,10H,1-2,5-6,9H2,(H,17,21)(H,18,19,20). The van der Waals surface area contributed by atoms with Crippen LogP contribution in [0.25, 0.3) is 0 Å². The van der Waals surface area contributed by atoms with Gasteiger partial charge in [-0.05, 0) is 25.0 Å². The molecule has 0 unspecified atom stereocenters. The Bertz CT molecular complexity index is 654. The molecule has 1 aliphatic carbocycles. The van der Waals surface area contributed by atoms with Crippen LogP contribution < -0.4 is 5.32 Å². The Hall–Kier alpha value is -1.89. The first-order chi connectivity index (χ1) is 10.7. The van der Waals surface area contributed by atoms with E-state index >= 15 is 0 Å². The number of nitrogens with zero attached hydrogens (tertiary/aromatic N) is 2. The van der Waals surface area contributed by atoms with Crippen LogP contribution in [0, 0.1) is 5.82 Å². The first kappa shape index (κ1) is 15.0. The number of hydrogen-bond acceptors (Lipinski definition) is 4. The first-order valence-electron chi connectivity index (χ1n) is 7.32. The number of para-hydroxylation sites is 1. The van der Waals surface area contributed by atoms with Gasteiger partial charge < -0.3 is 5.32 Å². The van der Waals surface area contributed by atoms with Crippen LogP contribution >= 0.6 is 11.8 Å². The van der Waals surface area contributed by atoms with Gasteiger partial charge in [0.2, 0.25) is 11.1 Å². The topological polar surface area (TPSA) is 70.7 Å². The van der Waals surface area contributed by atoms with Gasteiger partial charge in [-0.25, -0.2) is 9.37 Å². The van der Waals surface area contributed by atoms with E-state index in [0.717, 1.165) is 18.7 Å². The van der Waals surface area contributed by atoms with Gasteiger partial charge in [-0.3, -0.25) is 9.89 Å². The Labute approximate surface area is 132 Å². The van der Waals surface area contributed by atoms with Crippen molar-refractivity contribution in [1.29, 1.82) is 0 Å². The van der Waals surface area contributed by atoms with E-state index in [9.17, 15) is 9.18 Å². The Morgan fingerprint density at radius 1 is 1.36 bits per heavy atom. The number of benzene rings is 1. The van der Waals surface area contributed by atoms with E-state index in [1.165, 1.54) is 36.7 Å². The molecular weight excluding hydrogens is 303 g/mol. The van der Waals surface area contributed by atoms with Crippen LogP contribution in [0.5, 0.6) is 0 Å². The molecule has 2 N–H and O–H groups in total. The largest absolute Gasteiger partial charge is 0.323 e. The first-order valence-corrected chi connectivity index (χ1v) is 8.30. The van der Waals surface area contributed by atoms with E-state index in [2.05, 4.69) is 20.5 Å². The number of H-pyrrole nitrogens is 1. The third kappa shape index (κ3) is 3.65. The SMILES string of the molecule is O=C(CSc1n[nH]c(C2CCCC2)n1)Nc1ccccc1F. The average Bonchev–Trinajstić information content (AvgIpc) is 3.18. The summed E-state index contributed by atoms with van der Waals surface area (Å²) in [5, 5.41) is 10.2. The summed E-state index contributed by atoms with van der Waals surface area (Å²) in [5.41, 5.74) is 0.190. The number of anilines is 1. The predicted molar refractivity (Wildman–Crippen MR) is 83.3 cm³/mol. The quantitative estimate of drug-likeness (QED) is 0.829. The number of thioether (sulfide) groups is 1. The highest BCUT2D eigenvalue weighted by atomic mass is 32.2. The molecule has 2 aromatic rings. The van der Waals surface area contributed by atoms with Gasteiger partial charge in [-0.1, -0.05) is 36.7 Å². The van der Waals surface area contributed by atoms with Gasteiger partial charge in [0.15, 0.2) is 0 Å². The van der Waals surface area contributed by atoms with E-state index in [0.29, 0.717) is 11.1 Å². The summed E-state index contributed by atoms with van der Waals surface area (Å²) in [5.74, 6) is 0.809. The number of aromatic amines is 1. The molecule has 0 bridgehead atoms. The Kier molecular flexibility index (Phi) is 4.72. The zero-order valence-corrected chi connectivity index (χ0v) is 12.8. The zero-order chi connectivity index (χ0) is 15.4. The molecule has 1 aromatic carbocycles. The summed E-state index contributed by atoms with van der Waals surface area (Å²) < 4.78 is 13.4. The molecule has 0 radical (unpaired) electrons. The summed E-state index contributed by atoms with van der Waals surface area (Å²) in [6.07, 6.45) is 4.76. The Balaban J connectivity index is 1.52. The molecule has 0 aliphatic heterocycles. The molecule has 1 amide bonds. The molecular formula is C15H17FN4OS. The van der Waals surface area contributed by atoms with Gasteiger partial charge >= 0.3 is 0 Å². The number of rotatable bonds is 5. The van der Waals surface area contributed by atoms with Gasteiger partial charge in [0, 0.05) is 5.92 Å². The highest BCUT2D eigenvalue weighted by Gasteiger charge is 2.20. The van der Waals surface area contributed by atoms with Gasteiger partial charge in [-0.15, -0.1) is 5.10 Å². The molecule has 1 saturated carbocycles. The van der Waals surface area contributed by atoms with Crippen molar-refractivity contribution in [3.8, 4) is 0 Å². The molecule has 116 valence electrons. The van der Waals surface area contributed by atoms with Crippen molar-refractivity contribution < 1.29 is 9.18 Å². The van der Waals surface area contributed by atoms with Crippen LogP contribution in [0.2, 0.25) is 0 Å². The lowest BCUT2D eigenvalue weighted by Crippen LogP contribution is -2.15. The second-order valence-electron chi connectivity index (χ2n) is 5.30. The number of amides is 1. The maximum absolute atomic E-state index is 13.4. The smallest absolute Gasteiger partial charge is 0.234 e. The molecule has 7 heteroatoms. The number of carbonyl (C=O) groups excluding carboxylic acids is 1. The van der Waals surface area contributed by atoms with Crippen molar-refractivity contribution in [2.24, 2.45) is 0 Å². The van der Waals surface area contributed by atoms with Crippen LogP contribution in [0.3, 0.4) is 0 Å². The fourth-order valence-corrected chi connectivity index (χ4v) is 3.19. The molecule has 5 nitrogen and oxygen atoms in total. The number of carbonyl (C=O) groups is 1. The van der Waals surface area contributed by atoms with E-state index in [1.54, 1.807) is 12.1 Å². The molecule has 1 aromatic heterocycles. The molecule has 22 heavy (non-hydrogen) atoms. The van der Waals surface area contributed by atoms with Crippen LogP contribution in [0.1, 0.15) is 37.4 Å². The fourth-order valence-electron chi connectivity index (χ4n) is 2.58. The molecule has 0 saturated heterocycles. The average molecular weight is 320 g/mol. The van der Waals surface area contributed by atoms with Crippen LogP contribution in [0.4, 0.5) is 10.1 Å². The van der Waals surface area contributed by atoms with E-state index in [4.69, 9.17) is 0 Å². The minimum absolute atomic E-state index is 0.149. The van der Waals surface area contributed by atoms with Gasteiger partial charge in [0.1, 0.15) is 11.6 Å². The van der Waals surface area contributed by atoms with Crippen molar-refractivity contribution in [3.63, 3.8) is 0 Å². The number of aromatic nitrogens is 3. The van der Waals surface area contributed by atoms with E-state index < -0.39 is 5.82 Å². The van der Waals surface area contributed by atoms with Gasteiger partial charge in [0.25, 0.3) is 0 Å². The number of hydrogen-bond donors (Lipinski definition) is 2. The van der Waals surface area contributed by atoms with Crippen molar-refractivity contribution in [1.82, 2.24) is 15.2 Å². The molecule has 1 aliphatic rings. The summed E-state index contributed by atoms with van der Waals surface area (Å²) in [6.45, 7) is 0. The summed E-state index contributed by atoms with van der Waals surface area (Å²) in [7, 11) is 0. The molecule has 0 spiro atoms. The Morgan fingerprint density at radius 3 is 2.91 bits per heavy atom. The van der Waals surface area contributed by atoms with Crippen LogP contribution in [0.15, 0.2) is 29.4 Å². The van der Waals surface area contributed by atoms with Crippen molar-refractivity contribution in [3.05, 3.63) is 35.9 Å². The molecule has 0 atom stereocenters. The van der Waals surface area contributed by atoms with E-state index in [1.807, 2.05) is 0 Å². The summed E-state index contributed by atoms with van der Waals surface area (Å²) in [6, 6.07) is 6.10. The zero-order valence-electron chi connectivity index (χ0n) is 12.0. The molecule has 3 rings (SSSR count). The Morgan fingerprint density at radius 2 is 2.14 bits per heavy atom. The normalized spacial score (nSPS) is 15.1. The highest BCUT2D eigenvalue weighted by Crippen LogP contribution is 2.32. The van der Waals surface area contributed by atoms with Crippen molar-refractivity contribution in [2.75, 3.05) is 11.1 Å². The lowest BCUT2D eigenvalue weighted by molar-refractivity contribution is -0.113. The minimum Gasteiger partial charge on any atom is -0.323 e. The predicted octanol–water partition coefficient (Wildman–Crippen LogP) is 3.33. The number of halogens is 1. The summed E-state index contributed by atoms with van der Waals surface area (Å²) in [4.78, 5) is 16.3. The third-order valence-electron chi connectivity index (χ3n) is 3.70. The number of nitrogens with one attached hydrogen (secondary N) is 2. The second kappa shape index (κ2) is 6.91. The maximum atomic E-state index is 13.4. The summed E-state index contributed by atoms with van der Waals surface area (Å²) >= 11 is 1.25. The second-order valence-corrected chi connectivity index (χ2v) is 6.24. The van der Waals surface area contributed by atoms with Crippen molar-refractivity contribution >= 4 is 23.4 Å². The fraction of sp³-hybridized carbons (Fsp3) is 0.400. The lowest BCUT2D eigenvalue weighted by atomic mass is 10.1. The van der Waals surface area contributed by atoms with Crippen molar-refractivity contribution in [2.45, 2.75) is 36.8 Å².